The molecular weight excluding hydrogens is 264 g/mol. The lowest BCUT2D eigenvalue weighted by Gasteiger charge is -2.06. The molecule has 0 atom stereocenters. The average molecular weight is 275 g/mol. The Labute approximate surface area is 96.2 Å². The Morgan fingerprint density at radius 3 is 2.79 bits per heavy atom. The summed E-state index contributed by atoms with van der Waals surface area (Å²) in [6, 6.07) is 5.78. The van der Waals surface area contributed by atoms with Crippen molar-refractivity contribution in [2.45, 2.75) is 10.2 Å². The summed E-state index contributed by atoms with van der Waals surface area (Å²) in [6.45, 7) is 0. The number of benzene rings is 1. The van der Waals surface area contributed by atoms with E-state index in [0.29, 0.717) is 5.56 Å². The third-order valence-corrected chi connectivity index (χ3v) is 3.27. The Bertz CT molecular complexity index is 339. The van der Waals surface area contributed by atoms with Gasteiger partial charge >= 0.3 is 5.97 Å². The molecule has 0 aromatic heterocycles. The summed E-state index contributed by atoms with van der Waals surface area (Å²) in [4.78, 5) is 12.4. The minimum absolute atomic E-state index is 0.280. The van der Waals surface area contributed by atoms with Gasteiger partial charge in [0.05, 0.1) is 12.7 Å². The molecule has 0 saturated heterocycles. The predicted octanol–water partition coefficient (Wildman–Crippen LogP) is 3.09. The van der Waals surface area contributed by atoms with E-state index >= 15 is 0 Å². The van der Waals surface area contributed by atoms with Crippen molar-refractivity contribution in [1.29, 1.82) is 0 Å². The molecule has 0 spiro atoms. The van der Waals surface area contributed by atoms with Gasteiger partial charge in [-0.1, -0.05) is 22.0 Å². The van der Waals surface area contributed by atoms with Crippen LogP contribution in [0.2, 0.25) is 0 Å². The molecule has 0 bridgehead atoms. The van der Waals surface area contributed by atoms with Crippen LogP contribution in [0.15, 0.2) is 23.1 Å². The van der Waals surface area contributed by atoms with Crippen LogP contribution in [-0.4, -0.2) is 19.3 Å². The Morgan fingerprint density at radius 1 is 1.57 bits per heavy atom. The number of halogens is 1. The van der Waals surface area contributed by atoms with E-state index < -0.39 is 0 Å². The summed E-state index contributed by atoms with van der Waals surface area (Å²) in [7, 11) is 1.40. The van der Waals surface area contributed by atoms with Crippen LogP contribution in [0, 0.1) is 0 Å². The fourth-order valence-electron chi connectivity index (χ4n) is 1.11. The number of hydrogen-bond acceptors (Lipinski definition) is 3. The molecular formula is C10H11BrO2S. The van der Waals surface area contributed by atoms with Gasteiger partial charge in [0.2, 0.25) is 0 Å². The van der Waals surface area contributed by atoms with Gasteiger partial charge in [0.15, 0.2) is 0 Å². The first-order chi connectivity index (χ1) is 6.72. The molecule has 0 N–H and O–H groups in total. The van der Waals surface area contributed by atoms with Gasteiger partial charge in [0.25, 0.3) is 0 Å². The first-order valence-electron chi connectivity index (χ1n) is 4.04. The van der Waals surface area contributed by atoms with Gasteiger partial charge in [0.1, 0.15) is 0 Å². The molecule has 1 rings (SSSR count). The smallest absolute Gasteiger partial charge is 0.339 e. The lowest BCUT2D eigenvalue weighted by molar-refractivity contribution is 0.0596. The van der Waals surface area contributed by atoms with Gasteiger partial charge in [-0.25, -0.2) is 4.79 Å². The quantitative estimate of drug-likeness (QED) is 0.481. The van der Waals surface area contributed by atoms with Crippen LogP contribution in [0.4, 0.5) is 0 Å². The molecule has 1 aromatic carbocycles. The van der Waals surface area contributed by atoms with Crippen LogP contribution in [0.5, 0.6) is 0 Å². The standard InChI is InChI=1S/C10H11BrO2S/c1-13-10(12)8-5-7(6-11)3-4-9(8)14-2/h3-5H,6H2,1-2H3. The first-order valence-corrected chi connectivity index (χ1v) is 6.38. The first kappa shape index (κ1) is 11.6. The minimum Gasteiger partial charge on any atom is -0.465 e. The number of rotatable bonds is 3. The normalized spacial score (nSPS) is 9.93. The largest absolute Gasteiger partial charge is 0.465 e. The van der Waals surface area contributed by atoms with E-state index in [1.165, 1.54) is 7.11 Å². The highest BCUT2D eigenvalue weighted by Crippen LogP contribution is 2.23. The van der Waals surface area contributed by atoms with Crippen LogP contribution >= 0.6 is 27.7 Å². The molecule has 2 nitrogen and oxygen atoms in total. The van der Waals surface area contributed by atoms with Crippen LogP contribution in [0.1, 0.15) is 15.9 Å². The maximum atomic E-state index is 11.4. The number of ether oxygens (including phenoxy) is 1. The van der Waals surface area contributed by atoms with Crippen LogP contribution < -0.4 is 0 Å². The lowest BCUT2D eigenvalue weighted by Crippen LogP contribution is -2.03. The number of methoxy groups -OCH3 is 1. The maximum absolute atomic E-state index is 11.4. The molecule has 0 aliphatic carbocycles. The molecule has 14 heavy (non-hydrogen) atoms. The second-order valence-corrected chi connectivity index (χ2v) is 4.07. The molecule has 4 heteroatoms. The van der Waals surface area contributed by atoms with E-state index in [4.69, 9.17) is 4.74 Å². The summed E-state index contributed by atoms with van der Waals surface area (Å²) in [5, 5.41) is 0.742. The van der Waals surface area contributed by atoms with Crippen molar-refractivity contribution in [3.05, 3.63) is 29.3 Å². The summed E-state index contributed by atoms with van der Waals surface area (Å²) < 4.78 is 4.71. The van der Waals surface area contributed by atoms with Gasteiger partial charge in [0, 0.05) is 10.2 Å². The third-order valence-electron chi connectivity index (χ3n) is 1.82. The van der Waals surface area contributed by atoms with Crippen molar-refractivity contribution in [1.82, 2.24) is 0 Å². The predicted molar refractivity (Wildman–Crippen MR) is 62.2 cm³/mol. The van der Waals surface area contributed by atoms with E-state index in [9.17, 15) is 4.79 Å². The topological polar surface area (TPSA) is 26.3 Å². The van der Waals surface area contributed by atoms with E-state index in [1.54, 1.807) is 11.8 Å². The zero-order valence-electron chi connectivity index (χ0n) is 8.04. The molecule has 0 aliphatic rings. The second-order valence-electron chi connectivity index (χ2n) is 2.66. The Kier molecular flexibility index (Phi) is 4.48. The molecule has 0 heterocycles. The number of hydrogen-bond donors (Lipinski definition) is 0. The molecule has 1 aromatic rings. The van der Waals surface area contributed by atoms with E-state index in [1.807, 2.05) is 24.5 Å². The van der Waals surface area contributed by atoms with Gasteiger partial charge in [-0.15, -0.1) is 11.8 Å². The summed E-state index contributed by atoms with van der Waals surface area (Å²) in [5.41, 5.74) is 1.71. The summed E-state index contributed by atoms with van der Waals surface area (Å²) in [6.07, 6.45) is 1.94. The van der Waals surface area contributed by atoms with Crippen molar-refractivity contribution < 1.29 is 9.53 Å². The van der Waals surface area contributed by atoms with Gasteiger partial charge < -0.3 is 4.74 Å². The number of carbonyl (C=O) groups excluding carboxylic acids is 1. The maximum Gasteiger partial charge on any atom is 0.339 e. The van der Waals surface area contributed by atoms with Crippen molar-refractivity contribution in [3.63, 3.8) is 0 Å². The molecule has 0 aliphatic heterocycles. The van der Waals surface area contributed by atoms with Crippen LogP contribution in [0.25, 0.3) is 0 Å². The summed E-state index contributed by atoms with van der Waals surface area (Å²) in [5.74, 6) is -0.280. The molecule has 0 amide bonds. The van der Waals surface area contributed by atoms with Gasteiger partial charge in [-0.2, -0.15) is 0 Å². The van der Waals surface area contributed by atoms with Crippen LogP contribution in [0.3, 0.4) is 0 Å². The molecule has 0 saturated carbocycles. The van der Waals surface area contributed by atoms with E-state index in [2.05, 4.69) is 15.9 Å². The van der Waals surface area contributed by atoms with Gasteiger partial charge in [-0.05, 0) is 24.0 Å². The minimum atomic E-state index is -0.280. The number of esters is 1. The molecule has 0 unspecified atom stereocenters. The molecule has 76 valence electrons. The van der Waals surface area contributed by atoms with Crippen LogP contribution in [-0.2, 0) is 10.1 Å². The van der Waals surface area contributed by atoms with Crippen molar-refractivity contribution in [3.8, 4) is 0 Å². The zero-order chi connectivity index (χ0) is 10.6. The van der Waals surface area contributed by atoms with Gasteiger partial charge in [-0.3, -0.25) is 0 Å². The van der Waals surface area contributed by atoms with Crippen molar-refractivity contribution in [2.24, 2.45) is 0 Å². The Hall–Kier alpha value is -0.480. The molecule has 0 radical (unpaired) electrons. The Morgan fingerprint density at radius 2 is 2.29 bits per heavy atom. The number of thioether (sulfide) groups is 1. The number of alkyl halides is 1. The van der Waals surface area contributed by atoms with E-state index in [-0.39, 0.29) is 5.97 Å². The number of carbonyl (C=O) groups is 1. The van der Waals surface area contributed by atoms with E-state index in [0.717, 1.165) is 15.8 Å². The highest BCUT2D eigenvalue weighted by atomic mass is 79.9. The lowest BCUT2D eigenvalue weighted by atomic mass is 10.1. The molecule has 0 fully saturated rings. The van der Waals surface area contributed by atoms with Crippen molar-refractivity contribution >= 4 is 33.7 Å². The fraction of sp³-hybridized carbons (Fsp3) is 0.300. The van der Waals surface area contributed by atoms with Crippen molar-refractivity contribution in [2.75, 3.05) is 13.4 Å². The highest BCUT2D eigenvalue weighted by Gasteiger charge is 2.11. The second kappa shape index (κ2) is 5.41. The fourth-order valence-corrected chi connectivity index (χ4v) is 2.02. The Balaban J connectivity index is 3.14. The summed E-state index contributed by atoms with van der Waals surface area (Å²) >= 11 is 4.89. The SMILES string of the molecule is COC(=O)c1cc(CBr)ccc1SC. The average Bonchev–Trinajstić information content (AvgIpc) is 2.27. The monoisotopic (exact) mass is 274 g/mol. The zero-order valence-corrected chi connectivity index (χ0v) is 10.4. The highest BCUT2D eigenvalue weighted by molar-refractivity contribution is 9.08. The third kappa shape index (κ3) is 2.51.